The van der Waals surface area contributed by atoms with E-state index in [2.05, 4.69) is 4.98 Å². The molecule has 2 rings (SSSR count). The number of thiazole rings is 1. The first kappa shape index (κ1) is 12.6. The molecule has 4 nitrogen and oxygen atoms in total. The molecule has 0 aliphatic heterocycles. The molecule has 5 heteroatoms. The summed E-state index contributed by atoms with van der Waals surface area (Å²) in [5, 5.41) is 9.47. The van der Waals surface area contributed by atoms with Crippen LogP contribution in [0.5, 0.6) is 5.88 Å². The Bertz CT molecular complexity index is 604. The minimum Gasteiger partial charge on any atom is -0.449 e. The number of carboxylic acid groups (broad SMARTS) is 1. The van der Waals surface area contributed by atoms with Gasteiger partial charge in [-0.25, -0.2) is 9.78 Å². The zero-order chi connectivity index (χ0) is 13.3. The molecule has 18 heavy (non-hydrogen) atoms. The fourth-order valence-electron chi connectivity index (χ4n) is 1.62. The van der Waals surface area contributed by atoms with Gasteiger partial charge >= 0.3 is 6.16 Å². The van der Waals surface area contributed by atoms with Crippen LogP contribution in [-0.2, 0) is 0 Å². The van der Waals surface area contributed by atoms with Crippen molar-refractivity contribution >= 4 is 17.5 Å². The summed E-state index contributed by atoms with van der Waals surface area (Å²) in [4.78, 5) is 15.5. The Morgan fingerprint density at radius 1 is 1.28 bits per heavy atom. The number of hydrogen-bond acceptors (Lipinski definition) is 4. The molecule has 0 radical (unpaired) electrons. The van der Waals surface area contributed by atoms with Crippen LogP contribution in [0.2, 0.25) is 0 Å². The third-order valence-electron chi connectivity index (χ3n) is 2.66. The van der Waals surface area contributed by atoms with E-state index in [1.807, 2.05) is 39.0 Å². The molecule has 0 saturated heterocycles. The Kier molecular flexibility index (Phi) is 3.34. The van der Waals surface area contributed by atoms with E-state index in [0.29, 0.717) is 0 Å². The number of hydrogen-bond donors (Lipinski definition) is 1. The molecule has 0 spiro atoms. The van der Waals surface area contributed by atoms with E-state index in [9.17, 15) is 4.79 Å². The fourth-order valence-corrected chi connectivity index (χ4v) is 2.47. The maximum Gasteiger partial charge on any atom is 0.512 e. The summed E-state index contributed by atoms with van der Waals surface area (Å²) in [7, 11) is 0. The number of rotatable bonds is 2. The monoisotopic (exact) mass is 263 g/mol. The fraction of sp³-hybridized carbons (Fsp3) is 0.231. The summed E-state index contributed by atoms with van der Waals surface area (Å²) in [6, 6.07) is 5.96. The van der Waals surface area contributed by atoms with Crippen molar-refractivity contribution in [2.45, 2.75) is 20.8 Å². The van der Waals surface area contributed by atoms with Crippen molar-refractivity contribution in [1.82, 2.24) is 4.98 Å². The molecule has 0 aliphatic carbocycles. The molecule has 0 unspecified atom stereocenters. The molecule has 2 aromatic rings. The van der Waals surface area contributed by atoms with Crippen LogP contribution in [0, 0.1) is 20.8 Å². The molecule has 0 atom stereocenters. The maximum absolute atomic E-state index is 10.6. The predicted molar refractivity (Wildman–Crippen MR) is 70.4 cm³/mol. The number of benzene rings is 1. The van der Waals surface area contributed by atoms with Crippen LogP contribution in [0.1, 0.15) is 16.1 Å². The molecular weight excluding hydrogens is 250 g/mol. The Labute approximate surface area is 109 Å². The molecule has 94 valence electrons. The molecular formula is C13H13NO3S. The molecule has 1 aromatic heterocycles. The first-order valence-corrected chi connectivity index (χ1v) is 6.25. The van der Waals surface area contributed by atoms with Crippen LogP contribution < -0.4 is 4.74 Å². The molecule has 1 aromatic carbocycles. The summed E-state index contributed by atoms with van der Waals surface area (Å²) < 4.78 is 4.71. The van der Waals surface area contributed by atoms with Gasteiger partial charge in [-0.05, 0) is 37.5 Å². The average molecular weight is 263 g/mol. The van der Waals surface area contributed by atoms with Gasteiger partial charge in [-0.2, -0.15) is 0 Å². The standard InChI is InChI=1S/C13H13NO3S/c1-7-4-5-10(6-8(7)2)11-12(17-13(15)16)14-9(3)18-11/h4-6H,1-3H3,(H,15,16). The van der Waals surface area contributed by atoms with Gasteiger partial charge in [0.25, 0.3) is 0 Å². The largest absolute Gasteiger partial charge is 0.512 e. The number of aromatic nitrogens is 1. The zero-order valence-electron chi connectivity index (χ0n) is 10.4. The second-order valence-corrected chi connectivity index (χ2v) is 5.24. The van der Waals surface area contributed by atoms with Gasteiger partial charge in [0, 0.05) is 0 Å². The first-order valence-electron chi connectivity index (χ1n) is 5.43. The SMILES string of the molecule is Cc1nc(OC(=O)O)c(-c2ccc(C)c(C)c2)s1. The molecule has 1 N–H and O–H groups in total. The van der Waals surface area contributed by atoms with E-state index in [1.54, 1.807) is 0 Å². The molecule has 0 aliphatic rings. The van der Waals surface area contributed by atoms with Crippen LogP contribution in [0.4, 0.5) is 4.79 Å². The lowest BCUT2D eigenvalue weighted by Gasteiger charge is -2.04. The minimum absolute atomic E-state index is 0.160. The highest BCUT2D eigenvalue weighted by Crippen LogP contribution is 2.36. The number of ether oxygens (including phenoxy) is 1. The second-order valence-electron chi connectivity index (χ2n) is 4.03. The summed E-state index contributed by atoms with van der Waals surface area (Å²) in [5.74, 6) is 0.160. The van der Waals surface area contributed by atoms with Crippen molar-refractivity contribution < 1.29 is 14.6 Å². The third kappa shape index (κ3) is 2.51. The van der Waals surface area contributed by atoms with Gasteiger partial charge in [-0.3, -0.25) is 0 Å². The Balaban J connectivity index is 2.49. The quantitative estimate of drug-likeness (QED) is 0.837. The molecule has 0 saturated carbocycles. The summed E-state index contributed by atoms with van der Waals surface area (Å²) >= 11 is 1.42. The Morgan fingerprint density at radius 2 is 2.00 bits per heavy atom. The van der Waals surface area contributed by atoms with Crippen LogP contribution in [0.15, 0.2) is 18.2 Å². The second kappa shape index (κ2) is 4.78. The normalized spacial score (nSPS) is 10.4. The number of carbonyl (C=O) groups is 1. The van der Waals surface area contributed by atoms with E-state index in [-0.39, 0.29) is 5.88 Å². The molecule has 0 fully saturated rings. The van der Waals surface area contributed by atoms with Crippen LogP contribution in [0.25, 0.3) is 10.4 Å². The van der Waals surface area contributed by atoms with Crippen LogP contribution >= 0.6 is 11.3 Å². The van der Waals surface area contributed by atoms with Crippen molar-refractivity contribution in [1.29, 1.82) is 0 Å². The maximum atomic E-state index is 10.6. The van der Waals surface area contributed by atoms with Crippen molar-refractivity contribution in [3.63, 3.8) is 0 Å². The van der Waals surface area contributed by atoms with Crippen molar-refractivity contribution in [3.8, 4) is 16.3 Å². The predicted octanol–water partition coefficient (Wildman–Crippen LogP) is 3.79. The van der Waals surface area contributed by atoms with Gasteiger partial charge in [-0.15, -0.1) is 11.3 Å². The smallest absolute Gasteiger partial charge is 0.449 e. The first-order chi connectivity index (χ1) is 8.47. The van der Waals surface area contributed by atoms with E-state index in [1.165, 1.54) is 16.9 Å². The topological polar surface area (TPSA) is 59.4 Å². The van der Waals surface area contributed by atoms with E-state index >= 15 is 0 Å². The highest BCUT2D eigenvalue weighted by Gasteiger charge is 2.15. The van der Waals surface area contributed by atoms with E-state index in [0.717, 1.165) is 21.0 Å². The lowest BCUT2D eigenvalue weighted by molar-refractivity contribution is 0.143. The highest BCUT2D eigenvalue weighted by atomic mass is 32.1. The van der Waals surface area contributed by atoms with Gasteiger partial charge in [0.1, 0.15) is 0 Å². The van der Waals surface area contributed by atoms with Gasteiger partial charge in [0.2, 0.25) is 5.88 Å². The highest BCUT2D eigenvalue weighted by molar-refractivity contribution is 7.15. The number of aryl methyl sites for hydroxylation is 3. The van der Waals surface area contributed by atoms with Gasteiger partial charge in [0.05, 0.1) is 9.88 Å². The van der Waals surface area contributed by atoms with Gasteiger partial charge in [0.15, 0.2) is 0 Å². The van der Waals surface area contributed by atoms with Crippen molar-refractivity contribution in [2.24, 2.45) is 0 Å². The van der Waals surface area contributed by atoms with Gasteiger partial charge in [-0.1, -0.05) is 18.2 Å². The summed E-state index contributed by atoms with van der Waals surface area (Å²) in [5.41, 5.74) is 3.28. The number of nitrogens with zero attached hydrogens (tertiary/aromatic N) is 1. The minimum atomic E-state index is -1.34. The average Bonchev–Trinajstić information content (AvgIpc) is 2.62. The van der Waals surface area contributed by atoms with Crippen LogP contribution in [0.3, 0.4) is 0 Å². The lowest BCUT2D eigenvalue weighted by atomic mass is 10.1. The molecule has 1 heterocycles. The molecule has 0 amide bonds. The molecule has 0 bridgehead atoms. The van der Waals surface area contributed by atoms with E-state index in [4.69, 9.17) is 9.84 Å². The van der Waals surface area contributed by atoms with Crippen molar-refractivity contribution in [2.75, 3.05) is 0 Å². The Hall–Kier alpha value is -1.88. The van der Waals surface area contributed by atoms with Crippen LogP contribution in [-0.4, -0.2) is 16.2 Å². The summed E-state index contributed by atoms with van der Waals surface area (Å²) in [6.45, 7) is 5.88. The van der Waals surface area contributed by atoms with Gasteiger partial charge < -0.3 is 9.84 Å². The zero-order valence-corrected chi connectivity index (χ0v) is 11.2. The van der Waals surface area contributed by atoms with E-state index < -0.39 is 6.16 Å². The Morgan fingerprint density at radius 3 is 2.61 bits per heavy atom. The summed E-state index contributed by atoms with van der Waals surface area (Å²) in [6.07, 6.45) is -1.34. The van der Waals surface area contributed by atoms with Crippen molar-refractivity contribution in [3.05, 3.63) is 34.3 Å². The third-order valence-corrected chi connectivity index (χ3v) is 3.66. The lowest BCUT2D eigenvalue weighted by Crippen LogP contribution is -2.04.